The van der Waals surface area contributed by atoms with Crippen molar-refractivity contribution in [3.63, 3.8) is 0 Å². The molecule has 35 heavy (non-hydrogen) atoms. The Morgan fingerprint density at radius 1 is 0.600 bits per heavy atom. The van der Waals surface area contributed by atoms with Gasteiger partial charge in [-0.3, -0.25) is 30.2 Å². The van der Waals surface area contributed by atoms with Gasteiger partial charge in [0.1, 0.15) is 0 Å². The van der Waals surface area contributed by atoms with Crippen LogP contribution in [0.1, 0.15) is 27.7 Å². The van der Waals surface area contributed by atoms with Crippen LogP contribution in [-0.4, -0.2) is 43.6 Å². The van der Waals surface area contributed by atoms with Gasteiger partial charge in [-0.05, 0) is 52.0 Å². The minimum atomic E-state index is -0.481. The minimum absolute atomic E-state index is 0. The summed E-state index contributed by atoms with van der Waals surface area (Å²) in [5, 5.41) is 46.8. The molecule has 0 heterocycles. The first-order valence-corrected chi connectivity index (χ1v) is 9.03. The van der Waals surface area contributed by atoms with Crippen molar-refractivity contribution in [2.45, 2.75) is 27.7 Å². The third-order valence-corrected chi connectivity index (χ3v) is 4.04. The third-order valence-electron chi connectivity index (χ3n) is 4.04. The van der Waals surface area contributed by atoms with E-state index in [0.29, 0.717) is 34.2 Å². The zero-order chi connectivity index (χ0) is 24.3. The maximum absolute atomic E-state index is 10.4. The van der Waals surface area contributed by atoms with Crippen molar-refractivity contribution >= 4 is 45.6 Å². The number of benzene rings is 2. The number of rotatable bonds is 6. The summed E-state index contributed by atoms with van der Waals surface area (Å²) < 4.78 is 0. The Hall–Kier alpha value is -4.04. The van der Waals surface area contributed by atoms with E-state index in [-0.39, 0.29) is 39.4 Å². The fraction of sp³-hybridized carbons (Fsp3) is 0.200. The second kappa shape index (κ2) is 17.4. The van der Waals surface area contributed by atoms with Crippen molar-refractivity contribution < 1.29 is 37.9 Å². The monoisotopic (exact) mass is 531 g/mol. The number of nitro groups is 2. The average Bonchev–Trinajstić information content (AvgIpc) is 2.78. The Morgan fingerprint density at radius 3 is 1.06 bits per heavy atom. The van der Waals surface area contributed by atoms with Gasteiger partial charge >= 0.3 is 17.1 Å². The Labute approximate surface area is 210 Å². The van der Waals surface area contributed by atoms with E-state index in [1.807, 2.05) is 0 Å². The van der Waals surface area contributed by atoms with Gasteiger partial charge in [-0.2, -0.15) is 0 Å². The van der Waals surface area contributed by atoms with Crippen molar-refractivity contribution in [1.82, 2.24) is 0 Å². The Kier molecular flexibility index (Phi) is 17.7. The Morgan fingerprint density at radius 2 is 0.857 bits per heavy atom. The summed E-state index contributed by atoms with van der Waals surface area (Å²) >= 11 is 0. The molecule has 0 aliphatic rings. The fourth-order valence-electron chi connectivity index (χ4n) is 1.98. The molecule has 0 atom stereocenters. The molecular formula is C20H24MnN6O8. The summed E-state index contributed by atoms with van der Waals surface area (Å²) in [4.78, 5) is 28.0. The van der Waals surface area contributed by atoms with Crippen LogP contribution < -0.4 is 0 Å². The molecule has 0 aromatic heterocycles. The number of aliphatic imine (C=N–C) groups is 2. The molecule has 0 amide bonds. The Bertz CT molecular complexity index is 996. The number of non-ortho nitro benzene ring substituents is 2. The molecule has 0 saturated carbocycles. The fourth-order valence-corrected chi connectivity index (χ4v) is 1.98. The van der Waals surface area contributed by atoms with Gasteiger partial charge in [0.05, 0.1) is 32.6 Å². The molecule has 0 aliphatic heterocycles. The molecule has 0 fully saturated rings. The third kappa shape index (κ3) is 12.1. The molecule has 15 heteroatoms. The van der Waals surface area contributed by atoms with Crippen LogP contribution in [0.25, 0.3) is 0 Å². The number of hydrogen-bond acceptors (Lipinski definition) is 10. The second-order valence-corrected chi connectivity index (χ2v) is 6.29. The quantitative estimate of drug-likeness (QED) is 0.233. The first-order chi connectivity index (χ1) is 15.1. The van der Waals surface area contributed by atoms with Crippen LogP contribution in [0.4, 0.5) is 22.7 Å². The molecular weight excluding hydrogens is 507 g/mol. The zero-order valence-electron chi connectivity index (χ0n) is 19.1. The van der Waals surface area contributed by atoms with Crippen molar-refractivity contribution in [1.29, 1.82) is 0 Å². The van der Waals surface area contributed by atoms with Crippen molar-refractivity contribution in [2.75, 3.05) is 0 Å². The van der Waals surface area contributed by atoms with Crippen LogP contribution in [0.15, 0.2) is 68.8 Å². The predicted octanol–water partition coefficient (Wildman–Crippen LogP) is 3.64. The first kappa shape index (κ1) is 35.5. The molecule has 2 aromatic carbocycles. The summed E-state index contributed by atoms with van der Waals surface area (Å²) in [5.41, 5.74) is 2.67. The SMILES string of the molecule is CC(=Nc1ccc([N+](=O)[O-])cc1)/C(C)=N\[O-].CC(=Nc1ccc([N+](=O)[O-])cc1)/C(C)=N\[O-].O.O.[Mn+2]. The number of hydrogen-bond donors (Lipinski definition) is 0. The molecule has 0 aliphatic carbocycles. The van der Waals surface area contributed by atoms with Gasteiger partial charge in [0, 0.05) is 35.7 Å². The van der Waals surface area contributed by atoms with Gasteiger partial charge in [0.25, 0.3) is 11.4 Å². The van der Waals surface area contributed by atoms with Crippen LogP contribution in [0.5, 0.6) is 0 Å². The smallest absolute Gasteiger partial charge is 0.792 e. The van der Waals surface area contributed by atoms with Crippen molar-refractivity contribution in [3.8, 4) is 0 Å². The zero-order valence-corrected chi connectivity index (χ0v) is 20.3. The van der Waals surface area contributed by atoms with Gasteiger partial charge in [-0.1, -0.05) is 0 Å². The van der Waals surface area contributed by atoms with Crippen molar-refractivity contribution in [2.24, 2.45) is 20.3 Å². The number of nitrogens with zero attached hydrogens (tertiary/aromatic N) is 6. The van der Waals surface area contributed by atoms with Gasteiger partial charge in [-0.15, -0.1) is 0 Å². The molecule has 189 valence electrons. The summed E-state index contributed by atoms with van der Waals surface area (Å²) in [6.07, 6.45) is 0. The van der Waals surface area contributed by atoms with Crippen LogP contribution in [-0.2, 0) is 17.1 Å². The largest absolute Gasteiger partial charge is 2.00 e. The van der Waals surface area contributed by atoms with Crippen molar-refractivity contribution in [3.05, 3.63) is 79.2 Å². The van der Waals surface area contributed by atoms with E-state index < -0.39 is 9.85 Å². The van der Waals surface area contributed by atoms with E-state index in [1.165, 1.54) is 48.5 Å². The predicted molar refractivity (Wildman–Crippen MR) is 132 cm³/mol. The topological polar surface area (TPSA) is 245 Å². The molecule has 4 N–H and O–H groups in total. The molecule has 14 nitrogen and oxygen atoms in total. The van der Waals surface area contributed by atoms with Crippen LogP contribution >= 0.6 is 0 Å². The standard InChI is InChI=1S/2C10H11N3O3.Mn.2H2O/c2*1-7(8(2)12-14)11-9-3-5-10(6-4-9)13(15)16;;;/h2*3-6,14H,1-2H3;;2*1H2/q;;+2;;/p-2/b2*11-7?,12-8-;;;. The van der Waals surface area contributed by atoms with E-state index in [9.17, 15) is 30.6 Å². The summed E-state index contributed by atoms with van der Waals surface area (Å²) in [6.45, 7) is 6.41. The molecule has 2 aromatic rings. The van der Waals surface area contributed by atoms with E-state index in [0.717, 1.165) is 0 Å². The molecule has 0 spiro atoms. The first-order valence-electron chi connectivity index (χ1n) is 9.03. The average molecular weight is 531 g/mol. The van der Waals surface area contributed by atoms with Gasteiger partial charge in [0.15, 0.2) is 0 Å². The van der Waals surface area contributed by atoms with Gasteiger partial charge in [0.2, 0.25) is 0 Å². The normalized spacial score (nSPS) is 11.5. The summed E-state index contributed by atoms with van der Waals surface area (Å²) in [6, 6.07) is 11.5. The molecule has 0 unspecified atom stereocenters. The van der Waals surface area contributed by atoms with E-state index in [1.54, 1.807) is 27.7 Å². The maximum atomic E-state index is 10.4. The molecule has 0 saturated heterocycles. The molecule has 1 radical (unpaired) electrons. The van der Waals surface area contributed by atoms with Crippen LogP contribution in [0.3, 0.4) is 0 Å². The maximum Gasteiger partial charge on any atom is 2.00 e. The second-order valence-electron chi connectivity index (χ2n) is 6.29. The molecule has 0 bridgehead atoms. The van der Waals surface area contributed by atoms with Crippen LogP contribution in [0, 0.1) is 30.6 Å². The minimum Gasteiger partial charge on any atom is -0.792 e. The molecule has 2 rings (SSSR count). The Balaban J connectivity index is -0.000000539. The summed E-state index contributed by atoms with van der Waals surface area (Å²) in [7, 11) is 0. The van der Waals surface area contributed by atoms with E-state index in [2.05, 4.69) is 20.3 Å². The summed E-state index contributed by atoms with van der Waals surface area (Å²) in [5.74, 6) is 0. The van der Waals surface area contributed by atoms with E-state index >= 15 is 0 Å². The van der Waals surface area contributed by atoms with E-state index in [4.69, 9.17) is 0 Å². The van der Waals surface area contributed by atoms with Gasteiger partial charge < -0.3 is 31.7 Å². The van der Waals surface area contributed by atoms with Crippen LogP contribution in [0.2, 0.25) is 0 Å². The number of nitro benzene ring substituents is 2. The van der Waals surface area contributed by atoms with Gasteiger partial charge in [-0.25, -0.2) is 0 Å².